The Hall–Kier alpha value is -2.01. The molecule has 0 aliphatic carbocycles. The molecule has 1 fully saturated rings. The van der Waals surface area contributed by atoms with Crippen LogP contribution in [0.15, 0.2) is 47.4 Å². The lowest BCUT2D eigenvalue weighted by Crippen LogP contribution is -2.35. The fraction of sp³-hybridized carbons (Fsp3) is 0.235. The van der Waals surface area contributed by atoms with Gasteiger partial charge in [0.15, 0.2) is 15.7 Å². The van der Waals surface area contributed by atoms with Crippen LogP contribution in [0.3, 0.4) is 0 Å². The van der Waals surface area contributed by atoms with Crippen LogP contribution in [0.2, 0.25) is 5.02 Å². The first-order chi connectivity index (χ1) is 13.1. The van der Waals surface area contributed by atoms with Crippen molar-refractivity contribution in [2.24, 2.45) is 0 Å². The molecule has 11 heteroatoms. The molecule has 0 aromatic heterocycles. The van der Waals surface area contributed by atoms with E-state index in [1.165, 1.54) is 36.4 Å². The molecule has 1 aliphatic heterocycles. The summed E-state index contributed by atoms with van der Waals surface area (Å²) in [5.74, 6) is -1.86. The minimum Gasteiger partial charge on any atom is -0.319 e. The van der Waals surface area contributed by atoms with Gasteiger partial charge in [-0.1, -0.05) is 23.7 Å². The van der Waals surface area contributed by atoms with Gasteiger partial charge >= 0.3 is 0 Å². The lowest BCUT2D eigenvalue weighted by molar-refractivity contribution is 0.102. The molecular formula is C17H16ClFN2O5S2. The van der Waals surface area contributed by atoms with E-state index in [1.807, 2.05) is 0 Å². The Kier molecular flexibility index (Phi) is 5.76. The summed E-state index contributed by atoms with van der Waals surface area (Å²) in [5.41, 5.74) is -0.152. The predicted octanol–water partition coefficient (Wildman–Crippen LogP) is 2.20. The lowest BCUT2D eigenvalue weighted by atomic mass is 10.2. The number of carbonyl (C=O) groups excluding carboxylic acids is 1. The third-order valence-corrected chi connectivity index (χ3v) is 7.74. The first kappa shape index (κ1) is 20.7. The number of rotatable bonds is 5. The number of halogens is 2. The maximum Gasteiger partial charge on any atom is 0.255 e. The molecule has 150 valence electrons. The minimum absolute atomic E-state index is 0.0127. The summed E-state index contributed by atoms with van der Waals surface area (Å²) in [7, 11) is -7.28. The molecular weight excluding hydrogens is 431 g/mol. The van der Waals surface area contributed by atoms with Crippen molar-refractivity contribution < 1.29 is 26.0 Å². The number of nitrogens with one attached hydrogen (secondary N) is 2. The molecule has 1 atom stereocenters. The van der Waals surface area contributed by atoms with Gasteiger partial charge in [0.05, 0.1) is 27.1 Å². The molecule has 0 spiro atoms. The first-order valence-electron chi connectivity index (χ1n) is 8.15. The van der Waals surface area contributed by atoms with Gasteiger partial charge < -0.3 is 5.32 Å². The monoisotopic (exact) mass is 446 g/mol. The Bertz CT molecular complexity index is 1140. The second kappa shape index (κ2) is 7.78. The molecule has 2 aromatic rings. The van der Waals surface area contributed by atoms with E-state index in [0.717, 1.165) is 6.07 Å². The van der Waals surface area contributed by atoms with E-state index < -0.39 is 37.6 Å². The van der Waals surface area contributed by atoms with E-state index in [4.69, 9.17) is 11.6 Å². The molecule has 3 rings (SSSR count). The van der Waals surface area contributed by atoms with Gasteiger partial charge in [0, 0.05) is 11.6 Å². The van der Waals surface area contributed by atoms with Crippen LogP contribution in [0.1, 0.15) is 16.8 Å². The van der Waals surface area contributed by atoms with E-state index in [9.17, 15) is 26.0 Å². The molecule has 0 radical (unpaired) electrons. The topological polar surface area (TPSA) is 109 Å². The van der Waals surface area contributed by atoms with Gasteiger partial charge in [-0.2, -0.15) is 0 Å². The van der Waals surface area contributed by atoms with Crippen LogP contribution in [-0.4, -0.2) is 40.3 Å². The molecule has 0 saturated carbocycles. The van der Waals surface area contributed by atoms with Crippen LogP contribution >= 0.6 is 11.6 Å². The number of amides is 1. The Labute approximate surface area is 166 Å². The largest absolute Gasteiger partial charge is 0.319 e. The van der Waals surface area contributed by atoms with E-state index >= 15 is 0 Å². The molecule has 2 N–H and O–H groups in total. The summed E-state index contributed by atoms with van der Waals surface area (Å²) < 4.78 is 64.3. The van der Waals surface area contributed by atoms with Crippen molar-refractivity contribution in [3.05, 3.63) is 58.9 Å². The number of benzene rings is 2. The van der Waals surface area contributed by atoms with Gasteiger partial charge in [-0.15, -0.1) is 0 Å². The number of carbonyl (C=O) groups is 1. The molecule has 1 unspecified atom stereocenters. The average Bonchev–Trinajstić information content (AvgIpc) is 2.96. The summed E-state index contributed by atoms with van der Waals surface area (Å²) in [4.78, 5) is 12.2. The average molecular weight is 447 g/mol. The number of anilines is 1. The molecule has 1 aliphatic rings. The summed E-state index contributed by atoms with van der Waals surface area (Å²) in [6, 6.07) is 8.54. The maximum absolute atomic E-state index is 13.9. The molecule has 1 saturated heterocycles. The van der Waals surface area contributed by atoms with E-state index in [1.54, 1.807) is 0 Å². The summed E-state index contributed by atoms with van der Waals surface area (Å²) >= 11 is 5.67. The van der Waals surface area contributed by atoms with Gasteiger partial charge in [-0.05, 0) is 36.8 Å². The minimum atomic E-state index is -4.03. The van der Waals surface area contributed by atoms with Crippen molar-refractivity contribution in [1.82, 2.24) is 4.72 Å². The van der Waals surface area contributed by atoms with Crippen molar-refractivity contribution in [2.45, 2.75) is 17.4 Å². The molecule has 1 amide bonds. The van der Waals surface area contributed by atoms with Gasteiger partial charge in [-0.3, -0.25) is 4.79 Å². The number of hydrogen-bond donors (Lipinski definition) is 2. The standard InChI is InChI=1S/C17H16ClFN2O5S2/c18-14-5-2-6-15(16(14)19)20-17(22)11-3-1-4-13(9-11)28(25,26)21-12-7-8-27(23,24)10-12/h1-6,9,12,21H,7-8,10H2,(H,20,22). The fourth-order valence-corrected chi connectivity index (χ4v) is 6.04. The van der Waals surface area contributed by atoms with E-state index in [2.05, 4.69) is 10.0 Å². The third kappa shape index (κ3) is 4.69. The molecule has 28 heavy (non-hydrogen) atoms. The van der Waals surface area contributed by atoms with Gasteiger partial charge in [0.1, 0.15) is 0 Å². The van der Waals surface area contributed by atoms with Gasteiger partial charge in [0.2, 0.25) is 10.0 Å². The third-order valence-electron chi connectivity index (χ3n) is 4.16. The zero-order valence-corrected chi connectivity index (χ0v) is 16.7. The molecule has 2 aromatic carbocycles. The second-order valence-corrected chi connectivity index (χ2v) is 10.7. The van der Waals surface area contributed by atoms with Gasteiger partial charge in [-0.25, -0.2) is 25.9 Å². The van der Waals surface area contributed by atoms with Crippen molar-refractivity contribution in [1.29, 1.82) is 0 Å². The summed E-state index contributed by atoms with van der Waals surface area (Å²) in [6.07, 6.45) is 0.190. The van der Waals surface area contributed by atoms with Crippen molar-refractivity contribution >= 4 is 43.1 Å². The number of sulfone groups is 1. The van der Waals surface area contributed by atoms with E-state index in [-0.39, 0.29) is 39.1 Å². The number of sulfonamides is 1. The highest BCUT2D eigenvalue weighted by atomic mass is 35.5. The van der Waals surface area contributed by atoms with Gasteiger partial charge in [0.25, 0.3) is 5.91 Å². The fourth-order valence-electron chi connectivity index (χ4n) is 2.77. The SMILES string of the molecule is O=C(Nc1cccc(Cl)c1F)c1cccc(S(=O)(=O)NC2CCS(=O)(=O)C2)c1. The highest BCUT2D eigenvalue weighted by molar-refractivity contribution is 7.92. The maximum atomic E-state index is 13.9. The highest BCUT2D eigenvalue weighted by Gasteiger charge is 2.31. The van der Waals surface area contributed by atoms with Crippen LogP contribution < -0.4 is 10.0 Å². The molecule has 0 bridgehead atoms. The van der Waals surface area contributed by atoms with Crippen LogP contribution in [-0.2, 0) is 19.9 Å². The van der Waals surface area contributed by atoms with Crippen LogP contribution in [0, 0.1) is 5.82 Å². The molecule has 1 heterocycles. The normalized spacial score (nSPS) is 18.7. The van der Waals surface area contributed by atoms with Crippen LogP contribution in [0.4, 0.5) is 10.1 Å². The lowest BCUT2D eigenvalue weighted by Gasteiger charge is -2.12. The summed E-state index contributed by atoms with van der Waals surface area (Å²) in [5, 5.41) is 2.17. The first-order valence-corrected chi connectivity index (χ1v) is 11.8. The van der Waals surface area contributed by atoms with Crippen molar-refractivity contribution in [2.75, 3.05) is 16.8 Å². The Morgan fingerprint density at radius 2 is 1.89 bits per heavy atom. The van der Waals surface area contributed by atoms with E-state index in [0.29, 0.717) is 0 Å². The quantitative estimate of drug-likeness (QED) is 0.731. The highest BCUT2D eigenvalue weighted by Crippen LogP contribution is 2.23. The zero-order valence-electron chi connectivity index (χ0n) is 14.4. The van der Waals surface area contributed by atoms with Crippen molar-refractivity contribution in [3.63, 3.8) is 0 Å². The molecule has 7 nitrogen and oxygen atoms in total. The zero-order chi connectivity index (χ0) is 20.5. The predicted molar refractivity (Wildman–Crippen MR) is 103 cm³/mol. The number of hydrogen-bond acceptors (Lipinski definition) is 5. The summed E-state index contributed by atoms with van der Waals surface area (Å²) in [6.45, 7) is 0. The smallest absolute Gasteiger partial charge is 0.255 e. The van der Waals surface area contributed by atoms with Crippen molar-refractivity contribution in [3.8, 4) is 0 Å². The Morgan fingerprint density at radius 1 is 1.18 bits per heavy atom. The second-order valence-electron chi connectivity index (χ2n) is 6.30. The van der Waals surface area contributed by atoms with Crippen LogP contribution in [0.25, 0.3) is 0 Å². The Morgan fingerprint density at radius 3 is 2.57 bits per heavy atom. The Balaban J connectivity index is 1.79. The van der Waals surface area contributed by atoms with Crippen LogP contribution in [0.5, 0.6) is 0 Å².